The highest BCUT2D eigenvalue weighted by molar-refractivity contribution is 5.99. The van der Waals surface area contributed by atoms with Gasteiger partial charge in [-0.25, -0.2) is 0 Å². The number of nitrogens with zero attached hydrogens (tertiary/aromatic N) is 1. The molecular weight excluding hydrogens is 242 g/mol. The molecule has 1 saturated heterocycles. The number of ether oxygens (including phenoxy) is 1. The van der Waals surface area contributed by atoms with E-state index in [2.05, 4.69) is 16.7 Å². The molecule has 1 unspecified atom stereocenters. The van der Waals surface area contributed by atoms with Crippen LogP contribution in [0.1, 0.15) is 17.2 Å². The SMILES string of the molecule is CNC(c1ccc2c(c1)CC(=O)N2)C1(C#N)COC1. The van der Waals surface area contributed by atoms with Crippen molar-refractivity contribution in [1.29, 1.82) is 5.26 Å². The van der Waals surface area contributed by atoms with Crippen LogP contribution in [0.5, 0.6) is 0 Å². The minimum atomic E-state index is -0.501. The van der Waals surface area contributed by atoms with Crippen LogP contribution in [-0.2, 0) is 16.0 Å². The summed E-state index contributed by atoms with van der Waals surface area (Å²) in [5, 5.41) is 15.4. The molecule has 1 aromatic carbocycles. The third kappa shape index (κ3) is 1.81. The summed E-state index contributed by atoms with van der Waals surface area (Å²) < 4.78 is 5.21. The molecule has 0 spiro atoms. The van der Waals surface area contributed by atoms with E-state index >= 15 is 0 Å². The minimum absolute atomic E-state index is 0.0233. The van der Waals surface area contributed by atoms with Crippen molar-refractivity contribution >= 4 is 11.6 Å². The average Bonchev–Trinajstić information content (AvgIpc) is 2.72. The van der Waals surface area contributed by atoms with Crippen molar-refractivity contribution in [3.8, 4) is 6.07 Å². The first kappa shape index (κ1) is 12.2. The van der Waals surface area contributed by atoms with Crippen molar-refractivity contribution in [2.24, 2.45) is 5.41 Å². The number of fused-ring (bicyclic) bond motifs is 1. The minimum Gasteiger partial charge on any atom is -0.378 e. The quantitative estimate of drug-likeness (QED) is 0.846. The molecule has 3 rings (SSSR count). The summed E-state index contributed by atoms with van der Waals surface area (Å²) in [6.45, 7) is 0.895. The van der Waals surface area contributed by atoms with Crippen molar-refractivity contribution < 1.29 is 9.53 Å². The molecule has 0 aromatic heterocycles. The van der Waals surface area contributed by atoms with Gasteiger partial charge < -0.3 is 15.4 Å². The molecule has 0 aliphatic carbocycles. The lowest BCUT2D eigenvalue weighted by Crippen LogP contribution is -2.50. The van der Waals surface area contributed by atoms with Crippen LogP contribution in [0.15, 0.2) is 18.2 Å². The maximum atomic E-state index is 11.4. The van der Waals surface area contributed by atoms with E-state index in [-0.39, 0.29) is 11.9 Å². The van der Waals surface area contributed by atoms with Gasteiger partial charge in [0.15, 0.2) is 0 Å². The van der Waals surface area contributed by atoms with E-state index < -0.39 is 5.41 Å². The van der Waals surface area contributed by atoms with Gasteiger partial charge in [-0.2, -0.15) is 5.26 Å². The Morgan fingerprint density at radius 3 is 2.89 bits per heavy atom. The van der Waals surface area contributed by atoms with E-state index in [4.69, 9.17) is 4.74 Å². The molecule has 98 valence electrons. The number of carbonyl (C=O) groups is 1. The molecular formula is C14H15N3O2. The molecule has 1 amide bonds. The van der Waals surface area contributed by atoms with Crippen molar-refractivity contribution in [1.82, 2.24) is 5.32 Å². The third-order valence-corrected chi connectivity index (χ3v) is 3.87. The number of carbonyl (C=O) groups excluding carboxylic acids is 1. The second-order valence-electron chi connectivity index (χ2n) is 5.12. The lowest BCUT2D eigenvalue weighted by molar-refractivity contribution is -0.115. The van der Waals surface area contributed by atoms with E-state index in [1.807, 2.05) is 25.2 Å². The zero-order valence-corrected chi connectivity index (χ0v) is 10.7. The summed E-state index contributed by atoms with van der Waals surface area (Å²) in [6, 6.07) is 8.17. The number of hydrogen-bond donors (Lipinski definition) is 2. The Morgan fingerprint density at radius 1 is 1.53 bits per heavy atom. The highest BCUT2D eigenvalue weighted by Gasteiger charge is 2.46. The Kier molecular flexibility index (Phi) is 2.77. The Bertz CT molecular complexity index is 573. The lowest BCUT2D eigenvalue weighted by atomic mass is 9.76. The van der Waals surface area contributed by atoms with Crippen LogP contribution in [0.4, 0.5) is 5.69 Å². The summed E-state index contributed by atoms with van der Waals surface area (Å²) in [4.78, 5) is 11.4. The molecule has 2 heterocycles. The molecule has 0 saturated carbocycles. The smallest absolute Gasteiger partial charge is 0.228 e. The topological polar surface area (TPSA) is 74.2 Å². The Hall–Kier alpha value is -1.90. The molecule has 0 radical (unpaired) electrons. The van der Waals surface area contributed by atoms with Gasteiger partial charge in [-0.1, -0.05) is 12.1 Å². The van der Waals surface area contributed by atoms with Crippen molar-refractivity contribution in [3.63, 3.8) is 0 Å². The fraction of sp³-hybridized carbons (Fsp3) is 0.429. The number of rotatable bonds is 3. The van der Waals surface area contributed by atoms with E-state index in [0.29, 0.717) is 19.6 Å². The van der Waals surface area contributed by atoms with E-state index in [9.17, 15) is 10.1 Å². The van der Waals surface area contributed by atoms with Crippen LogP contribution in [0.3, 0.4) is 0 Å². The Labute approximate surface area is 111 Å². The van der Waals surface area contributed by atoms with Gasteiger partial charge in [0.2, 0.25) is 5.91 Å². The zero-order chi connectivity index (χ0) is 13.5. The standard InChI is InChI=1S/C14H15N3O2/c1-16-13(14(6-15)7-19-8-14)9-2-3-11-10(4-9)5-12(18)17-11/h2-4,13,16H,5,7-8H2,1H3,(H,17,18). The van der Waals surface area contributed by atoms with Crippen molar-refractivity contribution in [2.75, 3.05) is 25.6 Å². The summed E-state index contributed by atoms with van der Waals surface area (Å²) in [7, 11) is 1.85. The predicted octanol–water partition coefficient (Wildman–Crippen LogP) is 0.982. The van der Waals surface area contributed by atoms with E-state index in [1.54, 1.807) is 0 Å². The lowest BCUT2D eigenvalue weighted by Gasteiger charge is -2.41. The molecule has 1 atom stereocenters. The maximum absolute atomic E-state index is 11.4. The zero-order valence-electron chi connectivity index (χ0n) is 10.7. The van der Waals surface area contributed by atoms with Crippen LogP contribution in [-0.4, -0.2) is 26.2 Å². The third-order valence-electron chi connectivity index (χ3n) is 3.87. The van der Waals surface area contributed by atoms with Gasteiger partial charge in [-0.15, -0.1) is 0 Å². The first-order valence-corrected chi connectivity index (χ1v) is 6.27. The Morgan fingerprint density at radius 2 is 2.32 bits per heavy atom. The number of anilines is 1. The summed E-state index contributed by atoms with van der Waals surface area (Å²) in [6.07, 6.45) is 0.412. The monoisotopic (exact) mass is 257 g/mol. The van der Waals surface area contributed by atoms with Gasteiger partial charge in [0.1, 0.15) is 5.41 Å². The fourth-order valence-electron chi connectivity index (χ4n) is 2.81. The van der Waals surface area contributed by atoms with Gasteiger partial charge in [-0.05, 0) is 24.2 Å². The second-order valence-corrected chi connectivity index (χ2v) is 5.12. The highest BCUT2D eigenvalue weighted by atomic mass is 16.5. The first-order chi connectivity index (χ1) is 9.18. The average molecular weight is 257 g/mol. The normalized spacial score (nSPS) is 20.9. The molecule has 2 aliphatic heterocycles. The van der Waals surface area contributed by atoms with E-state index in [0.717, 1.165) is 16.8 Å². The molecule has 1 aromatic rings. The van der Waals surface area contributed by atoms with Gasteiger partial charge in [-0.3, -0.25) is 4.79 Å². The number of hydrogen-bond acceptors (Lipinski definition) is 4. The summed E-state index contributed by atoms with van der Waals surface area (Å²) in [5.74, 6) is 0.0233. The Balaban J connectivity index is 1.95. The molecule has 2 N–H and O–H groups in total. The predicted molar refractivity (Wildman–Crippen MR) is 69.4 cm³/mol. The first-order valence-electron chi connectivity index (χ1n) is 6.27. The number of amides is 1. The van der Waals surface area contributed by atoms with Crippen LogP contribution in [0.25, 0.3) is 0 Å². The van der Waals surface area contributed by atoms with Crippen molar-refractivity contribution in [2.45, 2.75) is 12.5 Å². The van der Waals surface area contributed by atoms with Crippen LogP contribution >= 0.6 is 0 Å². The highest BCUT2D eigenvalue weighted by Crippen LogP contribution is 2.41. The van der Waals surface area contributed by atoms with Crippen molar-refractivity contribution in [3.05, 3.63) is 29.3 Å². The summed E-state index contributed by atoms with van der Waals surface area (Å²) >= 11 is 0. The van der Waals surface area contributed by atoms with Gasteiger partial charge in [0.05, 0.1) is 31.7 Å². The van der Waals surface area contributed by atoms with E-state index in [1.165, 1.54) is 0 Å². The molecule has 0 bridgehead atoms. The number of nitriles is 1. The van der Waals surface area contributed by atoms with Crippen LogP contribution in [0, 0.1) is 16.7 Å². The van der Waals surface area contributed by atoms with Crippen LogP contribution < -0.4 is 10.6 Å². The van der Waals surface area contributed by atoms with Gasteiger partial charge in [0.25, 0.3) is 0 Å². The molecule has 5 heteroatoms. The second kappa shape index (κ2) is 4.34. The largest absolute Gasteiger partial charge is 0.378 e. The molecule has 19 heavy (non-hydrogen) atoms. The fourth-order valence-corrected chi connectivity index (χ4v) is 2.81. The molecule has 1 fully saturated rings. The summed E-state index contributed by atoms with van der Waals surface area (Å²) in [5.41, 5.74) is 2.40. The number of nitrogens with one attached hydrogen (secondary N) is 2. The molecule has 2 aliphatic rings. The number of benzene rings is 1. The maximum Gasteiger partial charge on any atom is 0.228 e. The molecule has 5 nitrogen and oxygen atoms in total. The van der Waals surface area contributed by atoms with Crippen LogP contribution in [0.2, 0.25) is 0 Å². The van der Waals surface area contributed by atoms with Gasteiger partial charge in [0, 0.05) is 5.69 Å². The van der Waals surface area contributed by atoms with Gasteiger partial charge >= 0.3 is 0 Å².